The Morgan fingerprint density at radius 2 is 1.35 bits per heavy atom. The SMILES string of the molecule is CCCCOCCCCCCCCCCOCc1ccc2c(c1)OCO2. The first-order valence-electron chi connectivity index (χ1n) is 10.4. The minimum Gasteiger partial charge on any atom is -0.454 e. The monoisotopic (exact) mass is 364 g/mol. The molecule has 0 fully saturated rings. The maximum Gasteiger partial charge on any atom is 0.231 e. The van der Waals surface area contributed by atoms with E-state index in [1.807, 2.05) is 18.2 Å². The molecule has 0 saturated carbocycles. The molecule has 0 aliphatic carbocycles. The van der Waals surface area contributed by atoms with Gasteiger partial charge in [0.05, 0.1) is 6.61 Å². The lowest BCUT2D eigenvalue weighted by atomic mass is 10.1. The Kier molecular flexibility index (Phi) is 11.2. The molecule has 0 radical (unpaired) electrons. The highest BCUT2D eigenvalue weighted by atomic mass is 16.7. The van der Waals surface area contributed by atoms with Crippen LogP contribution in [-0.2, 0) is 16.1 Å². The molecule has 4 heteroatoms. The third kappa shape index (κ3) is 8.91. The smallest absolute Gasteiger partial charge is 0.231 e. The van der Waals surface area contributed by atoms with Gasteiger partial charge in [-0.2, -0.15) is 0 Å². The summed E-state index contributed by atoms with van der Waals surface area (Å²) in [7, 11) is 0. The Hall–Kier alpha value is -1.26. The lowest BCUT2D eigenvalue weighted by Crippen LogP contribution is -1.96. The van der Waals surface area contributed by atoms with Gasteiger partial charge in [0.2, 0.25) is 6.79 Å². The minimum atomic E-state index is 0.326. The van der Waals surface area contributed by atoms with Crippen LogP contribution in [0.5, 0.6) is 11.5 Å². The van der Waals surface area contributed by atoms with E-state index in [1.54, 1.807) is 0 Å². The first-order valence-corrected chi connectivity index (χ1v) is 10.4. The van der Waals surface area contributed by atoms with Crippen molar-refractivity contribution in [1.82, 2.24) is 0 Å². The number of unbranched alkanes of at least 4 members (excludes halogenated alkanes) is 8. The fourth-order valence-corrected chi connectivity index (χ4v) is 3.04. The summed E-state index contributed by atoms with van der Waals surface area (Å²) in [5.74, 6) is 1.66. The maximum absolute atomic E-state index is 5.77. The lowest BCUT2D eigenvalue weighted by Gasteiger charge is -2.06. The molecule has 0 aromatic heterocycles. The van der Waals surface area contributed by atoms with Gasteiger partial charge in [-0.15, -0.1) is 0 Å². The molecular formula is C22H36O4. The molecule has 1 aliphatic heterocycles. The van der Waals surface area contributed by atoms with Crippen LogP contribution in [0, 0.1) is 0 Å². The highest BCUT2D eigenvalue weighted by Crippen LogP contribution is 2.32. The zero-order chi connectivity index (χ0) is 18.3. The second-order valence-corrected chi connectivity index (χ2v) is 7.03. The van der Waals surface area contributed by atoms with Crippen molar-refractivity contribution in [3.05, 3.63) is 23.8 Å². The topological polar surface area (TPSA) is 36.9 Å². The third-order valence-electron chi connectivity index (χ3n) is 4.68. The first kappa shape index (κ1) is 21.0. The predicted molar refractivity (Wildman–Crippen MR) is 105 cm³/mol. The molecule has 26 heavy (non-hydrogen) atoms. The van der Waals surface area contributed by atoms with Crippen molar-refractivity contribution < 1.29 is 18.9 Å². The Morgan fingerprint density at radius 1 is 0.731 bits per heavy atom. The van der Waals surface area contributed by atoms with Gasteiger partial charge in [0.25, 0.3) is 0 Å². The Balaban J connectivity index is 1.32. The van der Waals surface area contributed by atoms with E-state index in [9.17, 15) is 0 Å². The average Bonchev–Trinajstić information content (AvgIpc) is 3.12. The van der Waals surface area contributed by atoms with Crippen molar-refractivity contribution in [3.63, 3.8) is 0 Å². The van der Waals surface area contributed by atoms with Crippen LogP contribution in [-0.4, -0.2) is 26.6 Å². The molecule has 1 heterocycles. The molecule has 0 atom stereocenters. The Labute approximate surface area is 159 Å². The molecule has 0 N–H and O–H groups in total. The quantitative estimate of drug-likeness (QED) is 0.344. The van der Waals surface area contributed by atoms with Crippen LogP contribution in [0.3, 0.4) is 0 Å². The standard InChI is InChI=1S/C22H36O4/c1-2-3-14-23-15-10-8-6-4-5-7-9-11-16-24-18-20-12-13-21-22(17-20)26-19-25-21/h12-13,17H,2-11,14-16,18-19H2,1H3. The first-order chi connectivity index (χ1) is 12.9. The van der Waals surface area contributed by atoms with E-state index in [2.05, 4.69) is 6.92 Å². The Bertz CT molecular complexity index is 475. The summed E-state index contributed by atoms with van der Waals surface area (Å²) in [6.07, 6.45) is 12.7. The van der Waals surface area contributed by atoms with Crippen LogP contribution >= 0.6 is 0 Å². The number of hydrogen-bond acceptors (Lipinski definition) is 4. The molecule has 1 aromatic rings. The van der Waals surface area contributed by atoms with E-state index < -0.39 is 0 Å². The van der Waals surface area contributed by atoms with Crippen molar-refractivity contribution in [1.29, 1.82) is 0 Å². The second kappa shape index (κ2) is 13.9. The summed E-state index contributed by atoms with van der Waals surface area (Å²) in [6, 6.07) is 6.01. The van der Waals surface area contributed by atoms with Crippen molar-refractivity contribution in [2.45, 2.75) is 77.7 Å². The fraction of sp³-hybridized carbons (Fsp3) is 0.727. The Morgan fingerprint density at radius 3 is 2.08 bits per heavy atom. The molecule has 1 aliphatic rings. The van der Waals surface area contributed by atoms with Gasteiger partial charge in [0.15, 0.2) is 11.5 Å². The second-order valence-electron chi connectivity index (χ2n) is 7.03. The fourth-order valence-electron chi connectivity index (χ4n) is 3.04. The van der Waals surface area contributed by atoms with E-state index in [0.717, 1.165) is 43.3 Å². The number of ether oxygens (including phenoxy) is 4. The van der Waals surface area contributed by atoms with Gasteiger partial charge < -0.3 is 18.9 Å². The molecule has 0 spiro atoms. The molecule has 0 saturated heterocycles. The highest BCUT2D eigenvalue weighted by molar-refractivity contribution is 5.44. The summed E-state index contributed by atoms with van der Waals surface area (Å²) in [5, 5.41) is 0. The van der Waals surface area contributed by atoms with Gasteiger partial charge >= 0.3 is 0 Å². The summed E-state index contributed by atoms with van der Waals surface area (Å²) < 4.78 is 22.1. The normalized spacial score (nSPS) is 12.7. The summed E-state index contributed by atoms with van der Waals surface area (Å²) in [4.78, 5) is 0. The van der Waals surface area contributed by atoms with Crippen molar-refractivity contribution in [2.24, 2.45) is 0 Å². The lowest BCUT2D eigenvalue weighted by molar-refractivity contribution is 0.116. The van der Waals surface area contributed by atoms with E-state index >= 15 is 0 Å². The van der Waals surface area contributed by atoms with E-state index in [4.69, 9.17) is 18.9 Å². The van der Waals surface area contributed by atoms with Gasteiger partial charge in [0.1, 0.15) is 0 Å². The zero-order valence-corrected chi connectivity index (χ0v) is 16.5. The van der Waals surface area contributed by atoms with Crippen LogP contribution in [0.1, 0.15) is 76.7 Å². The summed E-state index contributed by atoms with van der Waals surface area (Å²) in [6.45, 7) is 5.90. The van der Waals surface area contributed by atoms with Crippen molar-refractivity contribution in [2.75, 3.05) is 26.6 Å². The van der Waals surface area contributed by atoms with Crippen LogP contribution in [0.4, 0.5) is 0 Å². The summed E-state index contributed by atoms with van der Waals surface area (Å²) >= 11 is 0. The molecule has 1 aromatic carbocycles. The molecular weight excluding hydrogens is 328 g/mol. The van der Waals surface area contributed by atoms with Crippen LogP contribution in [0.2, 0.25) is 0 Å². The number of hydrogen-bond donors (Lipinski definition) is 0. The molecule has 148 valence electrons. The minimum absolute atomic E-state index is 0.326. The summed E-state index contributed by atoms with van der Waals surface area (Å²) in [5.41, 5.74) is 1.15. The molecule has 2 rings (SSSR count). The zero-order valence-electron chi connectivity index (χ0n) is 16.5. The third-order valence-corrected chi connectivity index (χ3v) is 4.68. The molecule has 0 bridgehead atoms. The average molecular weight is 365 g/mol. The predicted octanol–water partition coefficient (Wildman–Crippen LogP) is 5.87. The van der Waals surface area contributed by atoms with E-state index in [1.165, 1.54) is 57.8 Å². The van der Waals surface area contributed by atoms with Crippen molar-refractivity contribution in [3.8, 4) is 11.5 Å². The van der Waals surface area contributed by atoms with Gasteiger partial charge in [-0.1, -0.05) is 57.9 Å². The largest absolute Gasteiger partial charge is 0.454 e. The number of fused-ring (bicyclic) bond motifs is 1. The maximum atomic E-state index is 5.77. The van der Waals surface area contributed by atoms with Gasteiger partial charge in [-0.3, -0.25) is 0 Å². The van der Waals surface area contributed by atoms with E-state index in [-0.39, 0.29) is 0 Å². The van der Waals surface area contributed by atoms with Crippen LogP contribution < -0.4 is 9.47 Å². The molecule has 0 amide bonds. The van der Waals surface area contributed by atoms with Crippen LogP contribution in [0.25, 0.3) is 0 Å². The number of rotatable bonds is 16. The number of benzene rings is 1. The van der Waals surface area contributed by atoms with E-state index in [0.29, 0.717) is 13.4 Å². The molecule has 4 nitrogen and oxygen atoms in total. The van der Waals surface area contributed by atoms with Gasteiger partial charge in [0, 0.05) is 19.8 Å². The van der Waals surface area contributed by atoms with Gasteiger partial charge in [-0.25, -0.2) is 0 Å². The van der Waals surface area contributed by atoms with Gasteiger partial charge in [-0.05, 0) is 37.0 Å². The van der Waals surface area contributed by atoms with Crippen molar-refractivity contribution >= 4 is 0 Å². The highest BCUT2D eigenvalue weighted by Gasteiger charge is 2.12. The van der Waals surface area contributed by atoms with Crippen LogP contribution in [0.15, 0.2) is 18.2 Å². The molecule has 0 unspecified atom stereocenters.